The van der Waals surface area contributed by atoms with E-state index >= 15 is 0 Å². The van der Waals surface area contributed by atoms with Crippen molar-refractivity contribution in [1.82, 2.24) is 9.55 Å². The first-order valence-electron chi connectivity index (χ1n) is 7.77. The summed E-state index contributed by atoms with van der Waals surface area (Å²) in [6, 6.07) is 3.75. The molecule has 1 heterocycles. The molecular formula is C17H25N3O3. The molecule has 0 atom stereocenters. The van der Waals surface area contributed by atoms with Crippen molar-refractivity contribution in [2.24, 2.45) is 0 Å². The van der Waals surface area contributed by atoms with Crippen molar-refractivity contribution in [2.75, 3.05) is 27.1 Å². The summed E-state index contributed by atoms with van der Waals surface area (Å²) in [4.78, 5) is 4.45. The van der Waals surface area contributed by atoms with E-state index in [2.05, 4.69) is 11.9 Å². The number of ether oxygens (including phenoxy) is 3. The number of aryl methyl sites for hydroxylation is 1. The first-order valence-corrected chi connectivity index (χ1v) is 7.77. The molecule has 0 bridgehead atoms. The molecule has 0 aliphatic rings. The maximum atomic E-state index is 6.02. The van der Waals surface area contributed by atoms with Gasteiger partial charge in [0.2, 0.25) is 11.7 Å². The molecule has 1 aromatic carbocycles. The number of aromatic nitrogens is 2. The highest BCUT2D eigenvalue weighted by molar-refractivity contribution is 5.69. The van der Waals surface area contributed by atoms with Gasteiger partial charge in [0.1, 0.15) is 0 Å². The van der Waals surface area contributed by atoms with Crippen LogP contribution in [0.5, 0.6) is 17.2 Å². The summed E-state index contributed by atoms with van der Waals surface area (Å²) in [6.07, 6.45) is 5.41. The van der Waals surface area contributed by atoms with Crippen molar-refractivity contribution in [1.29, 1.82) is 0 Å². The molecule has 0 amide bonds. The maximum absolute atomic E-state index is 6.02. The summed E-state index contributed by atoms with van der Waals surface area (Å²) in [7, 11) is 4.78. The van der Waals surface area contributed by atoms with E-state index in [0.717, 1.165) is 24.2 Å². The minimum atomic E-state index is 0.518. The van der Waals surface area contributed by atoms with Gasteiger partial charge in [-0.3, -0.25) is 0 Å². The predicted octanol–water partition coefficient (Wildman–Crippen LogP) is 3.35. The Morgan fingerprint density at radius 3 is 2.22 bits per heavy atom. The lowest BCUT2D eigenvalue weighted by Crippen LogP contribution is -2.02. The van der Waals surface area contributed by atoms with Crippen molar-refractivity contribution in [3.8, 4) is 28.5 Å². The third-order valence-electron chi connectivity index (χ3n) is 3.77. The Labute approximate surface area is 137 Å². The van der Waals surface area contributed by atoms with Gasteiger partial charge >= 0.3 is 0 Å². The number of hydrogen-bond donors (Lipinski definition) is 1. The molecule has 126 valence electrons. The Bertz CT molecular complexity index is 628. The lowest BCUT2D eigenvalue weighted by Gasteiger charge is -2.13. The average Bonchev–Trinajstić information content (AvgIpc) is 2.94. The number of unbranched alkanes of at least 4 members (excludes halogenated alkanes) is 2. The van der Waals surface area contributed by atoms with Gasteiger partial charge in [-0.25, -0.2) is 4.98 Å². The van der Waals surface area contributed by atoms with E-state index in [0.29, 0.717) is 23.2 Å². The van der Waals surface area contributed by atoms with Gasteiger partial charge in [-0.2, -0.15) is 0 Å². The highest BCUT2D eigenvalue weighted by Gasteiger charge is 2.16. The fraction of sp³-hybridized carbons (Fsp3) is 0.471. The molecule has 2 aromatic rings. The number of nitrogens with two attached hydrogens (primary N) is 1. The average molecular weight is 319 g/mol. The van der Waals surface area contributed by atoms with Crippen LogP contribution in [0.1, 0.15) is 26.2 Å². The van der Waals surface area contributed by atoms with E-state index < -0.39 is 0 Å². The number of nitrogen functional groups attached to an aromatic ring is 1. The molecule has 2 N–H and O–H groups in total. The van der Waals surface area contributed by atoms with Gasteiger partial charge in [-0.05, 0) is 18.6 Å². The van der Waals surface area contributed by atoms with E-state index in [1.807, 2.05) is 22.9 Å². The smallest absolute Gasteiger partial charge is 0.203 e. The first-order chi connectivity index (χ1) is 11.1. The SMILES string of the molecule is CCCCCn1cc(-c2cc(OC)c(OC)c(OC)c2)nc1N. The standard InChI is InChI=1S/C17H25N3O3/c1-5-6-7-8-20-11-13(19-17(20)18)12-9-14(21-2)16(23-4)15(10-12)22-3/h9-11H,5-8H2,1-4H3,(H2,18,19). The third-order valence-corrected chi connectivity index (χ3v) is 3.77. The summed E-state index contributed by atoms with van der Waals surface area (Å²) < 4.78 is 18.1. The Hall–Kier alpha value is -2.37. The van der Waals surface area contributed by atoms with Gasteiger partial charge in [0.05, 0.1) is 27.0 Å². The molecule has 0 unspecified atom stereocenters. The number of benzene rings is 1. The van der Waals surface area contributed by atoms with E-state index in [1.54, 1.807) is 21.3 Å². The molecule has 6 heteroatoms. The van der Waals surface area contributed by atoms with Crippen LogP contribution in [0.2, 0.25) is 0 Å². The molecule has 0 saturated carbocycles. The zero-order valence-corrected chi connectivity index (χ0v) is 14.3. The van der Waals surface area contributed by atoms with Crippen LogP contribution in [0.3, 0.4) is 0 Å². The minimum Gasteiger partial charge on any atom is -0.493 e. The molecule has 0 aliphatic heterocycles. The van der Waals surface area contributed by atoms with Crippen LogP contribution in [0.4, 0.5) is 5.95 Å². The molecule has 0 saturated heterocycles. The number of nitrogens with zero attached hydrogens (tertiary/aromatic N) is 2. The van der Waals surface area contributed by atoms with Crippen LogP contribution >= 0.6 is 0 Å². The zero-order valence-electron chi connectivity index (χ0n) is 14.3. The molecule has 1 aromatic heterocycles. The van der Waals surface area contributed by atoms with Gasteiger partial charge < -0.3 is 24.5 Å². The maximum Gasteiger partial charge on any atom is 0.203 e. The van der Waals surface area contributed by atoms with Crippen molar-refractivity contribution in [3.63, 3.8) is 0 Å². The number of methoxy groups -OCH3 is 3. The number of hydrogen-bond acceptors (Lipinski definition) is 5. The third kappa shape index (κ3) is 3.70. The summed E-state index contributed by atoms with van der Waals surface area (Å²) in [6.45, 7) is 3.05. The van der Waals surface area contributed by atoms with E-state index in [1.165, 1.54) is 12.8 Å². The molecule has 0 spiro atoms. The molecule has 2 rings (SSSR count). The van der Waals surface area contributed by atoms with Crippen molar-refractivity contribution < 1.29 is 14.2 Å². The Kier molecular flexibility index (Phi) is 5.73. The quantitative estimate of drug-likeness (QED) is 0.756. The fourth-order valence-electron chi connectivity index (χ4n) is 2.51. The Morgan fingerprint density at radius 2 is 1.70 bits per heavy atom. The highest BCUT2D eigenvalue weighted by atomic mass is 16.5. The lowest BCUT2D eigenvalue weighted by molar-refractivity contribution is 0.324. The molecule has 6 nitrogen and oxygen atoms in total. The second-order valence-electron chi connectivity index (χ2n) is 5.30. The topological polar surface area (TPSA) is 71.5 Å². The van der Waals surface area contributed by atoms with Gasteiger partial charge in [-0.15, -0.1) is 0 Å². The fourth-order valence-corrected chi connectivity index (χ4v) is 2.51. The normalized spacial score (nSPS) is 10.6. The second kappa shape index (κ2) is 7.76. The number of imidazole rings is 1. The van der Waals surface area contributed by atoms with Crippen LogP contribution in [0, 0.1) is 0 Å². The molecule has 0 radical (unpaired) electrons. The summed E-state index contributed by atoms with van der Waals surface area (Å²) in [5.41, 5.74) is 7.69. The molecule has 23 heavy (non-hydrogen) atoms. The van der Waals surface area contributed by atoms with Gasteiger partial charge in [-0.1, -0.05) is 19.8 Å². The van der Waals surface area contributed by atoms with E-state index in [9.17, 15) is 0 Å². The summed E-state index contributed by atoms with van der Waals surface area (Å²) >= 11 is 0. The van der Waals surface area contributed by atoms with Gasteiger partial charge in [0.15, 0.2) is 11.5 Å². The molecule has 0 aliphatic carbocycles. The zero-order chi connectivity index (χ0) is 16.8. The van der Waals surface area contributed by atoms with Crippen molar-refractivity contribution in [3.05, 3.63) is 18.3 Å². The Balaban J connectivity index is 2.36. The Morgan fingerprint density at radius 1 is 1.04 bits per heavy atom. The number of rotatable bonds is 8. The van der Waals surface area contributed by atoms with Gasteiger partial charge in [0, 0.05) is 18.3 Å². The second-order valence-corrected chi connectivity index (χ2v) is 5.30. The van der Waals surface area contributed by atoms with E-state index in [-0.39, 0.29) is 0 Å². The molecular weight excluding hydrogens is 294 g/mol. The summed E-state index contributed by atoms with van der Waals surface area (Å²) in [5, 5.41) is 0. The van der Waals surface area contributed by atoms with Crippen molar-refractivity contribution >= 4 is 5.95 Å². The monoisotopic (exact) mass is 319 g/mol. The predicted molar refractivity (Wildman–Crippen MR) is 91.3 cm³/mol. The number of anilines is 1. The van der Waals surface area contributed by atoms with Crippen LogP contribution in [0.25, 0.3) is 11.3 Å². The van der Waals surface area contributed by atoms with E-state index in [4.69, 9.17) is 19.9 Å². The largest absolute Gasteiger partial charge is 0.493 e. The summed E-state index contributed by atoms with van der Waals surface area (Å²) in [5.74, 6) is 2.28. The van der Waals surface area contributed by atoms with Crippen LogP contribution in [-0.2, 0) is 6.54 Å². The van der Waals surface area contributed by atoms with Crippen LogP contribution < -0.4 is 19.9 Å². The van der Waals surface area contributed by atoms with Crippen LogP contribution in [0.15, 0.2) is 18.3 Å². The van der Waals surface area contributed by atoms with Gasteiger partial charge in [0.25, 0.3) is 0 Å². The minimum absolute atomic E-state index is 0.518. The molecule has 0 fully saturated rings. The lowest BCUT2D eigenvalue weighted by atomic mass is 10.1. The first kappa shape index (κ1) is 17.0. The highest BCUT2D eigenvalue weighted by Crippen LogP contribution is 2.41. The van der Waals surface area contributed by atoms with Crippen LogP contribution in [-0.4, -0.2) is 30.9 Å². The van der Waals surface area contributed by atoms with Crippen molar-refractivity contribution in [2.45, 2.75) is 32.7 Å².